The molecular weight excluding hydrogens is 485 g/mol. The monoisotopic (exact) mass is 517 g/mol. The summed E-state index contributed by atoms with van der Waals surface area (Å²) in [6.07, 6.45) is 9.48. The summed E-state index contributed by atoms with van der Waals surface area (Å²) in [5.74, 6) is 0.162. The lowest BCUT2D eigenvalue weighted by atomic mass is 9.95. The smallest absolute Gasteiger partial charge is 0.227 e. The van der Waals surface area contributed by atoms with Crippen LogP contribution in [0.25, 0.3) is 11.3 Å². The van der Waals surface area contributed by atoms with Crippen LogP contribution in [-0.4, -0.2) is 23.1 Å². The summed E-state index contributed by atoms with van der Waals surface area (Å²) in [6, 6.07) is 23.0. The normalized spacial score (nSPS) is 13.1. The summed E-state index contributed by atoms with van der Waals surface area (Å²) < 4.78 is 14.0. The van der Waals surface area contributed by atoms with Crippen molar-refractivity contribution in [1.82, 2.24) is 9.97 Å². The first kappa shape index (κ1) is 26.1. The minimum Gasteiger partial charge on any atom is -0.371 e. The van der Waals surface area contributed by atoms with Gasteiger partial charge in [-0.2, -0.15) is 5.26 Å². The summed E-state index contributed by atoms with van der Waals surface area (Å²) in [5, 5.41) is 13.3. The Kier molecular flexibility index (Phi) is 8.28. The quantitative estimate of drug-likeness (QED) is 0.232. The Morgan fingerprint density at radius 3 is 2.64 bits per heavy atom. The molecular formula is C33H32FN5. The third-order valence-electron chi connectivity index (χ3n) is 7.07. The van der Waals surface area contributed by atoms with Crippen LogP contribution in [0.2, 0.25) is 0 Å². The van der Waals surface area contributed by atoms with Gasteiger partial charge in [0.1, 0.15) is 5.82 Å². The Hall–Kier alpha value is -4.50. The molecule has 0 saturated carbocycles. The summed E-state index contributed by atoms with van der Waals surface area (Å²) in [7, 11) is 0. The third kappa shape index (κ3) is 6.50. The predicted octanol–water partition coefficient (Wildman–Crippen LogP) is 7.60. The van der Waals surface area contributed by atoms with E-state index in [9.17, 15) is 9.65 Å². The standard InChI is InChI=1S/C33H32FN5/c1-2-3-9-24-14-15-26(22-35)31(20-24)32-27(18-25-10-7-11-28(34)19-25)23-36-33(38-32)37-29-12-8-13-30(21-29)39-16-5-4-6-17-39/h2,7-8,10-15,19-21,23H,1,3-6,9,16-18H2,(H,36,37,38). The maximum absolute atomic E-state index is 14.0. The van der Waals surface area contributed by atoms with Gasteiger partial charge in [0.05, 0.1) is 17.3 Å². The number of nitrogens with zero attached hydrogens (tertiary/aromatic N) is 4. The van der Waals surface area contributed by atoms with Crippen molar-refractivity contribution in [3.05, 3.63) is 114 Å². The number of aryl methyl sites for hydroxylation is 1. The van der Waals surface area contributed by atoms with Crippen molar-refractivity contribution >= 4 is 17.3 Å². The van der Waals surface area contributed by atoms with Crippen LogP contribution >= 0.6 is 0 Å². The van der Waals surface area contributed by atoms with Crippen molar-refractivity contribution in [2.75, 3.05) is 23.3 Å². The van der Waals surface area contributed by atoms with Gasteiger partial charge in [-0.05, 0) is 85.7 Å². The van der Waals surface area contributed by atoms with Crippen molar-refractivity contribution < 1.29 is 4.39 Å². The molecule has 0 amide bonds. The number of allylic oxidation sites excluding steroid dienone is 1. The van der Waals surface area contributed by atoms with E-state index < -0.39 is 0 Å². The molecule has 1 aliphatic heterocycles. The number of rotatable bonds is 9. The zero-order valence-corrected chi connectivity index (χ0v) is 22.0. The number of nitrogens with one attached hydrogen (secondary N) is 1. The molecule has 1 aliphatic rings. The molecule has 5 rings (SSSR count). The van der Waals surface area contributed by atoms with Gasteiger partial charge in [0.25, 0.3) is 0 Å². The molecule has 1 fully saturated rings. The molecule has 196 valence electrons. The second-order valence-electron chi connectivity index (χ2n) is 9.92. The Labute approximate surface area is 229 Å². The highest BCUT2D eigenvalue weighted by Gasteiger charge is 2.16. The second kappa shape index (κ2) is 12.4. The van der Waals surface area contributed by atoms with Gasteiger partial charge in [-0.1, -0.05) is 30.3 Å². The van der Waals surface area contributed by atoms with Crippen LogP contribution in [0.4, 0.5) is 21.7 Å². The Morgan fingerprint density at radius 2 is 1.85 bits per heavy atom. The van der Waals surface area contributed by atoms with E-state index in [4.69, 9.17) is 4.98 Å². The van der Waals surface area contributed by atoms with E-state index in [2.05, 4.69) is 40.0 Å². The molecule has 0 unspecified atom stereocenters. The van der Waals surface area contributed by atoms with E-state index in [0.29, 0.717) is 23.6 Å². The van der Waals surface area contributed by atoms with Gasteiger partial charge in [-0.15, -0.1) is 6.58 Å². The molecule has 0 spiro atoms. The molecule has 1 aromatic heterocycles. The lowest BCUT2D eigenvalue weighted by Crippen LogP contribution is -2.29. The topological polar surface area (TPSA) is 64.8 Å². The molecule has 0 radical (unpaired) electrons. The highest BCUT2D eigenvalue weighted by atomic mass is 19.1. The van der Waals surface area contributed by atoms with Crippen LogP contribution in [0.1, 0.15) is 47.9 Å². The van der Waals surface area contributed by atoms with E-state index in [1.807, 2.05) is 42.5 Å². The zero-order valence-electron chi connectivity index (χ0n) is 22.0. The van der Waals surface area contributed by atoms with Crippen LogP contribution in [0.5, 0.6) is 0 Å². The molecule has 39 heavy (non-hydrogen) atoms. The Balaban J connectivity index is 1.53. The van der Waals surface area contributed by atoms with E-state index in [0.717, 1.165) is 53.9 Å². The maximum Gasteiger partial charge on any atom is 0.227 e. The number of nitriles is 1. The highest BCUT2D eigenvalue weighted by Crippen LogP contribution is 2.31. The molecule has 4 aromatic rings. The van der Waals surface area contributed by atoms with Gasteiger partial charge in [-0.3, -0.25) is 0 Å². The Bertz CT molecular complexity index is 1500. The first-order valence-corrected chi connectivity index (χ1v) is 13.5. The van der Waals surface area contributed by atoms with Crippen LogP contribution in [0.3, 0.4) is 0 Å². The maximum atomic E-state index is 14.0. The van der Waals surface area contributed by atoms with Crippen LogP contribution in [-0.2, 0) is 12.8 Å². The van der Waals surface area contributed by atoms with E-state index in [-0.39, 0.29) is 5.82 Å². The van der Waals surface area contributed by atoms with Crippen molar-refractivity contribution in [3.8, 4) is 17.3 Å². The van der Waals surface area contributed by atoms with Crippen LogP contribution < -0.4 is 10.2 Å². The van der Waals surface area contributed by atoms with Gasteiger partial charge >= 0.3 is 0 Å². The van der Waals surface area contributed by atoms with Crippen molar-refractivity contribution in [3.63, 3.8) is 0 Å². The van der Waals surface area contributed by atoms with Crippen LogP contribution in [0, 0.1) is 17.1 Å². The molecule has 6 heteroatoms. The van der Waals surface area contributed by atoms with Crippen LogP contribution in [0.15, 0.2) is 85.6 Å². The summed E-state index contributed by atoms with van der Waals surface area (Å²) in [6.45, 7) is 5.97. The first-order valence-electron chi connectivity index (χ1n) is 13.5. The lowest BCUT2D eigenvalue weighted by molar-refractivity contribution is 0.578. The summed E-state index contributed by atoms with van der Waals surface area (Å²) in [5.41, 5.74) is 6.78. The number of hydrogen-bond acceptors (Lipinski definition) is 5. The fraction of sp³-hybridized carbons (Fsp3) is 0.242. The summed E-state index contributed by atoms with van der Waals surface area (Å²) in [4.78, 5) is 12.0. The second-order valence-corrected chi connectivity index (χ2v) is 9.92. The fourth-order valence-electron chi connectivity index (χ4n) is 5.07. The van der Waals surface area contributed by atoms with Crippen molar-refractivity contribution in [1.29, 1.82) is 5.26 Å². The number of anilines is 3. The minimum atomic E-state index is -0.286. The molecule has 0 aliphatic carbocycles. The van der Waals surface area contributed by atoms with Gasteiger partial charge in [0.2, 0.25) is 5.95 Å². The van der Waals surface area contributed by atoms with E-state index in [1.165, 1.54) is 37.1 Å². The van der Waals surface area contributed by atoms with Gasteiger partial charge < -0.3 is 10.2 Å². The molecule has 0 bridgehead atoms. The zero-order chi connectivity index (χ0) is 27.0. The number of halogens is 1. The predicted molar refractivity (Wildman–Crippen MR) is 156 cm³/mol. The molecule has 1 N–H and O–H groups in total. The molecule has 2 heterocycles. The number of aromatic nitrogens is 2. The fourth-order valence-corrected chi connectivity index (χ4v) is 5.07. The summed E-state index contributed by atoms with van der Waals surface area (Å²) >= 11 is 0. The number of piperidine rings is 1. The molecule has 5 nitrogen and oxygen atoms in total. The largest absolute Gasteiger partial charge is 0.371 e. The molecule has 3 aromatic carbocycles. The van der Waals surface area contributed by atoms with Gasteiger partial charge in [0, 0.05) is 48.2 Å². The molecule has 1 saturated heterocycles. The first-order chi connectivity index (χ1) is 19.1. The van der Waals surface area contributed by atoms with Crippen molar-refractivity contribution in [2.24, 2.45) is 0 Å². The third-order valence-corrected chi connectivity index (χ3v) is 7.07. The average Bonchev–Trinajstić information content (AvgIpc) is 2.97. The van der Waals surface area contributed by atoms with Gasteiger partial charge in [-0.25, -0.2) is 14.4 Å². The van der Waals surface area contributed by atoms with Crippen molar-refractivity contribution in [2.45, 2.75) is 38.5 Å². The molecule has 0 atom stereocenters. The highest BCUT2D eigenvalue weighted by molar-refractivity contribution is 5.73. The lowest BCUT2D eigenvalue weighted by Gasteiger charge is -2.29. The van der Waals surface area contributed by atoms with E-state index in [1.54, 1.807) is 12.3 Å². The number of hydrogen-bond donors (Lipinski definition) is 1. The average molecular weight is 518 g/mol. The minimum absolute atomic E-state index is 0.286. The van der Waals surface area contributed by atoms with E-state index >= 15 is 0 Å². The number of benzene rings is 3. The van der Waals surface area contributed by atoms with Gasteiger partial charge in [0.15, 0.2) is 0 Å². The SMILES string of the molecule is C=CCCc1ccc(C#N)c(-c2nc(Nc3cccc(N4CCCCC4)c3)ncc2Cc2cccc(F)c2)c1. The Morgan fingerprint density at radius 1 is 1.00 bits per heavy atom.